The predicted molar refractivity (Wildman–Crippen MR) is 63.0 cm³/mol. The van der Waals surface area contributed by atoms with E-state index in [-0.39, 0.29) is 0 Å². The van der Waals surface area contributed by atoms with E-state index in [2.05, 4.69) is 24.5 Å². The standard InChI is InChI=1S/C11H26N2O2/c1-10(2)13-7-9-15-11(3,4)14-8-6-12-5/h10,12-13H,6-9H2,1-5H3. The van der Waals surface area contributed by atoms with Crippen LogP contribution in [-0.2, 0) is 9.47 Å². The molecule has 0 aliphatic carbocycles. The van der Waals surface area contributed by atoms with Crippen molar-refractivity contribution in [1.82, 2.24) is 10.6 Å². The highest BCUT2D eigenvalue weighted by Gasteiger charge is 2.17. The molecule has 0 amide bonds. The molecule has 0 rings (SSSR count). The minimum Gasteiger partial charge on any atom is -0.349 e. The molecule has 2 N–H and O–H groups in total. The molecule has 0 atom stereocenters. The van der Waals surface area contributed by atoms with Crippen molar-refractivity contribution in [1.29, 1.82) is 0 Å². The number of hydrogen-bond donors (Lipinski definition) is 2. The van der Waals surface area contributed by atoms with E-state index in [4.69, 9.17) is 9.47 Å². The van der Waals surface area contributed by atoms with E-state index in [0.29, 0.717) is 19.3 Å². The summed E-state index contributed by atoms with van der Waals surface area (Å²) in [4.78, 5) is 0. The summed E-state index contributed by atoms with van der Waals surface area (Å²) in [6.45, 7) is 11.2. The molecule has 4 nitrogen and oxygen atoms in total. The van der Waals surface area contributed by atoms with Crippen LogP contribution in [0.2, 0.25) is 0 Å². The first kappa shape index (κ1) is 14.8. The Kier molecular flexibility index (Phi) is 7.96. The van der Waals surface area contributed by atoms with Gasteiger partial charge in [0.05, 0.1) is 13.2 Å². The van der Waals surface area contributed by atoms with Crippen molar-refractivity contribution in [2.24, 2.45) is 0 Å². The lowest BCUT2D eigenvalue weighted by Gasteiger charge is -2.26. The van der Waals surface area contributed by atoms with Gasteiger partial charge in [0.15, 0.2) is 5.79 Å². The summed E-state index contributed by atoms with van der Waals surface area (Å²) in [5.74, 6) is -0.491. The Hall–Kier alpha value is -0.160. The van der Waals surface area contributed by atoms with E-state index in [0.717, 1.165) is 13.1 Å². The lowest BCUT2D eigenvalue weighted by molar-refractivity contribution is -0.211. The third-order valence-corrected chi connectivity index (χ3v) is 1.91. The molecule has 0 heterocycles. The zero-order valence-electron chi connectivity index (χ0n) is 10.7. The zero-order valence-corrected chi connectivity index (χ0v) is 10.7. The molecule has 92 valence electrons. The normalized spacial score (nSPS) is 12.4. The zero-order chi connectivity index (χ0) is 11.7. The minimum atomic E-state index is -0.491. The van der Waals surface area contributed by atoms with Crippen molar-refractivity contribution in [2.45, 2.75) is 39.5 Å². The van der Waals surface area contributed by atoms with Gasteiger partial charge in [-0.25, -0.2) is 0 Å². The summed E-state index contributed by atoms with van der Waals surface area (Å²) in [5.41, 5.74) is 0. The van der Waals surface area contributed by atoms with E-state index in [1.54, 1.807) is 0 Å². The van der Waals surface area contributed by atoms with Crippen LogP contribution in [0, 0.1) is 0 Å². The van der Waals surface area contributed by atoms with Crippen molar-refractivity contribution < 1.29 is 9.47 Å². The summed E-state index contributed by atoms with van der Waals surface area (Å²) in [5, 5.41) is 6.32. The van der Waals surface area contributed by atoms with E-state index in [9.17, 15) is 0 Å². The fourth-order valence-corrected chi connectivity index (χ4v) is 1.08. The van der Waals surface area contributed by atoms with Gasteiger partial charge in [0.25, 0.3) is 0 Å². The highest BCUT2D eigenvalue weighted by atomic mass is 16.7. The van der Waals surface area contributed by atoms with Crippen molar-refractivity contribution in [3.05, 3.63) is 0 Å². The van der Waals surface area contributed by atoms with Gasteiger partial charge in [-0.2, -0.15) is 0 Å². The lowest BCUT2D eigenvalue weighted by atomic mass is 10.3. The molecule has 0 aromatic carbocycles. The average Bonchev–Trinajstić information content (AvgIpc) is 2.13. The van der Waals surface area contributed by atoms with Gasteiger partial charge in [0.2, 0.25) is 0 Å². The van der Waals surface area contributed by atoms with E-state index >= 15 is 0 Å². The second-order valence-corrected chi connectivity index (χ2v) is 4.31. The third-order valence-electron chi connectivity index (χ3n) is 1.91. The lowest BCUT2D eigenvalue weighted by Crippen LogP contribution is -2.35. The van der Waals surface area contributed by atoms with Crippen LogP contribution >= 0.6 is 0 Å². The Bertz CT molecular complexity index is 150. The van der Waals surface area contributed by atoms with Crippen LogP contribution in [0.5, 0.6) is 0 Å². The van der Waals surface area contributed by atoms with Crippen LogP contribution in [0.4, 0.5) is 0 Å². The van der Waals surface area contributed by atoms with Gasteiger partial charge < -0.3 is 20.1 Å². The molecular formula is C11H26N2O2. The van der Waals surface area contributed by atoms with Gasteiger partial charge in [-0.3, -0.25) is 0 Å². The number of ether oxygens (including phenoxy) is 2. The minimum absolute atomic E-state index is 0.491. The first-order chi connectivity index (χ1) is 6.98. The molecular weight excluding hydrogens is 192 g/mol. The SMILES string of the molecule is CNCCOC(C)(C)OCCNC(C)C. The molecule has 0 unspecified atom stereocenters. The molecule has 0 spiro atoms. The molecule has 0 aromatic heterocycles. The van der Waals surface area contributed by atoms with Gasteiger partial charge in [-0.15, -0.1) is 0 Å². The highest BCUT2D eigenvalue weighted by Crippen LogP contribution is 2.09. The second-order valence-electron chi connectivity index (χ2n) is 4.31. The number of hydrogen-bond acceptors (Lipinski definition) is 4. The average molecular weight is 218 g/mol. The Morgan fingerprint density at radius 2 is 1.60 bits per heavy atom. The highest BCUT2D eigenvalue weighted by molar-refractivity contribution is 4.57. The van der Waals surface area contributed by atoms with E-state index in [1.807, 2.05) is 20.9 Å². The van der Waals surface area contributed by atoms with Gasteiger partial charge in [0, 0.05) is 19.1 Å². The number of rotatable bonds is 9. The van der Waals surface area contributed by atoms with Crippen molar-refractivity contribution in [3.63, 3.8) is 0 Å². The monoisotopic (exact) mass is 218 g/mol. The molecule has 0 saturated carbocycles. The quantitative estimate of drug-likeness (QED) is 0.447. The topological polar surface area (TPSA) is 42.5 Å². The number of likely N-dealkylation sites (N-methyl/N-ethyl adjacent to an activating group) is 1. The van der Waals surface area contributed by atoms with E-state index in [1.165, 1.54) is 0 Å². The summed E-state index contributed by atoms with van der Waals surface area (Å²) in [7, 11) is 1.91. The van der Waals surface area contributed by atoms with Crippen LogP contribution in [0.1, 0.15) is 27.7 Å². The summed E-state index contributed by atoms with van der Waals surface area (Å²) in [6, 6.07) is 0.502. The Morgan fingerprint density at radius 3 is 2.07 bits per heavy atom. The Morgan fingerprint density at radius 1 is 1.07 bits per heavy atom. The maximum absolute atomic E-state index is 5.61. The molecule has 0 fully saturated rings. The second kappa shape index (κ2) is 8.05. The third kappa shape index (κ3) is 10.1. The van der Waals surface area contributed by atoms with Crippen molar-refractivity contribution in [2.75, 3.05) is 33.4 Å². The van der Waals surface area contributed by atoms with Crippen LogP contribution < -0.4 is 10.6 Å². The maximum atomic E-state index is 5.61. The molecule has 0 radical (unpaired) electrons. The predicted octanol–water partition coefficient (Wildman–Crippen LogP) is 0.973. The van der Waals surface area contributed by atoms with Crippen LogP contribution in [-0.4, -0.2) is 45.2 Å². The molecule has 15 heavy (non-hydrogen) atoms. The van der Waals surface area contributed by atoms with Gasteiger partial charge in [0.1, 0.15) is 0 Å². The van der Waals surface area contributed by atoms with Gasteiger partial charge >= 0.3 is 0 Å². The van der Waals surface area contributed by atoms with Crippen LogP contribution in [0.15, 0.2) is 0 Å². The smallest absolute Gasteiger partial charge is 0.162 e. The molecule has 0 aliphatic heterocycles. The Balaban J connectivity index is 3.46. The van der Waals surface area contributed by atoms with Crippen molar-refractivity contribution >= 4 is 0 Å². The fourth-order valence-electron chi connectivity index (χ4n) is 1.08. The molecule has 0 saturated heterocycles. The van der Waals surface area contributed by atoms with Gasteiger partial charge in [-0.1, -0.05) is 13.8 Å². The maximum Gasteiger partial charge on any atom is 0.162 e. The summed E-state index contributed by atoms with van der Waals surface area (Å²) >= 11 is 0. The molecule has 0 bridgehead atoms. The van der Waals surface area contributed by atoms with Crippen molar-refractivity contribution in [3.8, 4) is 0 Å². The first-order valence-corrected chi connectivity index (χ1v) is 5.64. The Labute approximate surface area is 93.7 Å². The summed E-state index contributed by atoms with van der Waals surface area (Å²) in [6.07, 6.45) is 0. The molecule has 0 aromatic rings. The van der Waals surface area contributed by atoms with Gasteiger partial charge in [-0.05, 0) is 20.9 Å². The van der Waals surface area contributed by atoms with E-state index < -0.39 is 5.79 Å². The van der Waals surface area contributed by atoms with Crippen LogP contribution in [0.3, 0.4) is 0 Å². The summed E-state index contributed by atoms with van der Waals surface area (Å²) < 4.78 is 11.2. The largest absolute Gasteiger partial charge is 0.349 e. The van der Waals surface area contributed by atoms with Crippen LogP contribution in [0.25, 0.3) is 0 Å². The molecule has 0 aliphatic rings. The first-order valence-electron chi connectivity index (χ1n) is 5.64. The molecule has 4 heteroatoms. The fraction of sp³-hybridized carbons (Fsp3) is 1.00. The number of nitrogens with one attached hydrogen (secondary N) is 2.